The summed E-state index contributed by atoms with van der Waals surface area (Å²) >= 11 is 0. The highest BCUT2D eigenvalue weighted by Crippen LogP contribution is 2.16. The molecule has 1 heterocycles. The average molecular weight is 308 g/mol. The molecule has 0 N–H and O–H groups in total. The highest BCUT2D eigenvalue weighted by atomic mass is 16.2. The monoisotopic (exact) mass is 308 g/mol. The van der Waals surface area contributed by atoms with Crippen LogP contribution in [0.5, 0.6) is 0 Å². The minimum absolute atomic E-state index is 0.280. The Morgan fingerprint density at radius 1 is 0.652 bits per heavy atom. The van der Waals surface area contributed by atoms with Crippen molar-refractivity contribution in [1.29, 1.82) is 0 Å². The number of carbonyl (C=O) groups is 4. The van der Waals surface area contributed by atoms with Gasteiger partial charge >= 0.3 is 11.8 Å². The summed E-state index contributed by atoms with van der Waals surface area (Å²) in [7, 11) is 0. The smallest absolute Gasteiger partial charge is 0.269 e. The Kier molecular flexibility index (Phi) is 3.72. The van der Waals surface area contributed by atoms with Crippen LogP contribution in [0.4, 0.5) is 0 Å². The maximum absolute atomic E-state index is 12.3. The number of hydrogen-bond donors (Lipinski definition) is 0. The van der Waals surface area contributed by atoms with E-state index in [1.165, 1.54) is 0 Å². The molecule has 23 heavy (non-hydrogen) atoms. The molecule has 0 atom stereocenters. The summed E-state index contributed by atoms with van der Waals surface area (Å²) in [6, 6.07) is 16.3. The van der Waals surface area contributed by atoms with Gasteiger partial charge in [0, 0.05) is 11.1 Å². The van der Waals surface area contributed by atoms with Gasteiger partial charge in [-0.1, -0.05) is 36.4 Å². The summed E-state index contributed by atoms with van der Waals surface area (Å²) in [5.41, 5.74) is 0.560. The number of amides is 4. The molecule has 6 nitrogen and oxygen atoms in total. The molecule has 1 aliphatic rings. The molecule has 0 aromatic heterocycles. The largest absolute Gasteiger partial charge is 0.321 e. The van der Waals surface area contributed by atoms with E-state index in [0.29, 0.717) is 0 Å². The first-order valence-corrected chi connectivity index (χ1v) is 6.91. The van der Waals surface area contributed by atoms with Crippen LogP contribution >= 0.6 is 0 Å². The standard InChI is InChI=1S/C17H12N2O4/c20-14(12-7-3-1-4-8-12)18-11-19(17(23)16(18)22)15(21)13-9-5-2-6-10-13/h1-10H,11H2. The molecular weight excluding hydrogens is 296 g/mol. The van der Waals surface area contributed by atoms with Crippen LogP contribution in [0, 0.1) is 0 Å². The number of rotatable bonds is 2. The van der Waals surface area contributed by atoms with E-state index in [0.717, 1.165) is 9.80 Å². The Balaban J connectivity index is 1.85. The highest BCUT2D eigenvalue weighted by Gasteiger charge is 2.43. The summed E-state index contributed by atoms with van der Waals surface area (Å²) in [6.45, 7) is -0.376. The van der Waals surface area contributed by atoms with E-state index in [4.69, 9.17) is 0 Å². The molecule has 0 spiro atoms. The first kappa shape index (κ1) is 14.6. The van der Waals surface area contributed by atoms with Gasteiger partial charge in [-0.2, -0.15) is 0 Å². The molecule has 2 aromatic carbocycles. The molecule has 0 aliphatic carbocycles. The molecule has 3 rings (SSSR count). The van der Waals surface area contributed by atoms with E-state index in [1.807, 2.05) is 0 Å². The second-order valence-electron chi connectivity index (χ2n) is 4.95. The number of imide groups is 2. The second-order valence-corrected chi connectivity index (χ2v) is 4.95. The third kappa shape index (κ3) is 2.62. The Bertz CT molecular complexity index is 719. The summed E-state index contributed by atoms with van der Waals surface area (Å²) < 4.78 is 0. The summed E-state index contributed by atoms with van der Waals surface area (Å²) in [5.74, 6) is -3.20. The number of benzene rings is 2. The third-order valence-corrected chi connectivity index (χ3v) is 3.49. The van der Waals surface area contributed by atoms with E-state index in [2.05, 4.69) is 0 Å². The van der Waals surface area contributed by atoms with Crippen LogP contribution in [-0.4, -0.2) is 40.1 Å². The fourth-order valence-electron chi connectivity index (χ4n) is 2.29. The molecule has 0 radical (unpaired) electrons. The Hall–Kier alpha value is -3.28. The van der Waals surface area contributed by atoms with E-state index < -0.39 is 23.6 Å². The molecule has 0 unspecified atom stereocenters. The van der Waals surface area contributed by atoms with Crippen molar-refractivity contribution in [2.24, 2.45) is 0 Å². The minimum atomic E-state index is -0.997. The van der Waals surface area contributed by atoms with Gasteiger partial charge in [-0.25, -0.2) is 0 Å². The first-order valence-electron chi connectivity index (χ1n) is 6.91. The lowest BCUT2D eigenvalue weighted by Crippen LogP contribution is -2.35. The molecule has 4 amide bonds. The van der Waals surface area contributed by atoms with Gasteiger partial charge in [0.25, 0.3) is 11.8 Å². The van der Waals surface area contributed by atoms with Crippen molar-refractivity contribution in [3.05, 3.63) is 71.8 Å². The summed E-state index contributed by atoms with van der Waals surface area (Å²) in [5, 5.41) is 0. The van der Waals surface area contributed by atoms with E-state index >= 15 is 0 Å². The SMILES string of the molecule is O=C1C(=O)N(C(=O)c2ccccc2)CN1C(=O)c1ccccc1. The van der Waals surface area contributed by atoms with Crippen molar-refractivity contribution in [2.45, 2.75) is 0 Å². The lowest BCUT2D eigenvalue weighted by atomic mass is 10.2. The quantitative estimate of drug-likeness (QED) is 0.619. The van der Waals surface area contributed by atoms with Gasteiger partial charge in [0.15, 0.2) is 0 Å². The highest BCUT2D eigenvalue weighted by molar-refractivity contribution is 6.43. The van der Waals surface area contributed by atoms with Crippen LogP contribution in [-0.2, 0) is 9.59 Å². The average Bonchev–Trinajstić information content (AvgIpc) is 2.91. The van der Waals surface area contributed by atoms with Gasteiger partial charge in [-0.15, -0.1) is 0 Å². The van der Waals surface area contributed by atoms with E-state index in [-0.39, 0.29) is 17.8 Å². The van der Waals surface area contributed by atoms with Crippen molar-refractivity contribution in [3.8, 4) is 0 Å². The zero-order valence-electron chi connectivity index (χ0n) is 12.0. The molecule has 1 fully saturated rings. The van der Waals surface area contributed by atoms with Crippen molar-refractivity contribution in [2.75, 3.05) is 6.67 Å². The zero-order valence-corrected chi connectivity index (χ0v) is 12.0. The van der Waals surface area contributed by atoms with Gasteiger partial charge in [0.1, 0.15) is 6.67 Å². The number of nitrogens with zero attached hydrogens (tertiary/aromatic N) is 2. The molecule has 0 bridgehead atoms. The first-order chi connectivity index (χ1) is 11.1. The maximum atomic E-state index is 12.3. The molecule has 0 saturated carbocycles. The van der Waals surface area contributed by atoms with Crippen LogP contribution < -0.4 is 0 Å². The topological polar surface area (TPSA) is 74.8 Å². The van der Waals surface area contributed by atoms with Gasteiger partial charge in [0.05, 0.1) is 0 Å². The normalized spacial score (nSPS) is 14.3. The molecule has 2 aromatic rings. The van der Waals surface area contributed by atoms with Crippen molar-refractivity contribution < 1.29 is 19.2 Å². The third-order valence-electron chi connectivity index (χ3n) is 3.49. The maximum Gasteiger partial charge on any atom is 0.321 e. The predicted molar refractivity (Wildman–Crippen MR) is 80.1 cm³/mol. The molecular formula is C17H12N2O4. The molecule has 1 saturated heterocycles. The number of hydrogen-bond acceptors (Lipinski definition) is 4. The number of carbonyl (C=O) groups excluding carboxylic acids is 4. The lowest BCUT2D eigenvalue weighted by Gasteiger charge is -2.15. The van der Waals surface area contributed by atoms with Gasteiger partial charge in [-0.05, 0) is 24.3 Å². The lowest BCUT2D eigenvalue weighted by molar-refractivity contribution is -0.141. The Morgan fingerprint density at radius 2 is 1.00 bits per heavy atom. The van der Waals surface area contributed by atoms with E-state index in [9.17, 15) is 19.2 Å². The van der Waals surface area contributed by atoms with E-state index in [1.54, 1.807) is 60.7 Å². The molecule has 114 valence electrons. The summed E-state index contributed by atoms with van der Waals surface area (Å²) in [4.78, 5) is 50.3. The van der Waals surface area contributed by atoms with Gasteiger partial charge in [-0.3, -0.25) is 29.0 Å². The van der Waals surface area contributed by atoms with Crippen LogP contribution in [0.25, 0.3) is 0 Å². The van der Waals surface area contributed by atoms with Crippen LogP contribution in [0.1, 0.15) is 20.7 Å². The predicted octanol–water partition coefficient (Wildman–Crippen LogP) is 1.30. The van der Waals surface area contributed by atoms with Crippen molar-refractivity contribution in [3.63, 3.8) is 0 Å². The van der Waals surface area contributed by atoms with Crippen molar-refractivity contribution in [1.82, 2.24) is 9.80 Å². The second kappa shape index (κ2) is 5.84. The van der Waals surface area contributed by atoms with Gasteiger partial charge in [0.2, 0.25) is 0 Å². The van der Waals surface area contributed by atoms with Crippen LogP contribution in [0.2, 0.25) is 0 Å². The van der Waals surface area contributed by atoms with Crippen LogP contribution in [0.15, 0.2) is 60.7 Å². The van der Waals surface area contributed by atoms with Crippen molar-refractivity contribution >= 4 is 23.6 Å². The molecule has 6 heteroatoms. The Morgan fingerprint density at radius 3 is 1.35 bits per heavy atom. The zero-order chi connectivity index (χ0) is 16.4. The van der Waals surface area contributed by atoms with Crippen LogP contribution in [0.3, 0.4) is 0 Å². The Labute approximate surface area is 131 Å². The minimum Gasteiger partial charge on any atom is -0.269 e. The molecule has 1 aliphatic heterocycles. The fraction of sp³-hybridized carbons (Fsp3) is 0.0588. The fourth-order valence-corrected chi connectivity index (χ4v) is 2.29. The van der Waals surface area contributed by atoms with Gasteiger partial charge < -0.3 is 0 Å². The summed E-state index contributed by atoms with van der Waals surface area (Å²) in [6.07, 6.45) is 0.